The van der Waals surface area contributed by atoms with Crippen LogP contribution in [0, 0.1) is 6.92 Å². The first kappa shape index (κ1) is 19.5. The average Bonchev–Trinajstić information content (AvgIpc) is 2.73. The van der Waals surface area contributed by atoms with Gasteiger partial charge in [0.05, 0.1) is 30.0 Å². The van der Waals surface area contributed by atoms with Crippen LogP contribution < -0.4 is 9.80 Å². The second-order valence-corrected chi connectivity index (χ2v) is 7.53. The van der Waals surface area contributed by atoms with Gasteiger partial charge in [-0.25, -0.2) is 9.97 Å². The SMILES string of the molecule is Cc1nc(CN(C)c2cccc3cccnc23)cc(N2CCN(CCO)CC2)n1. The van der Waals surface area contributed by atoms with Crippen molar-refractivity contribution in [3.05, 3.63) is 54.1 Å². The zero-order valence-electron chi connectivity index (χ0n) is 17.1. The normalized spacial score (nSPS) is 15.1. The van der Waals surface area contributed by atoms with Crippen molar-refractivity contribution in [2.45, 2.75) is 13.5 Å². The van der Waals surface area contributed by atoms with Gasteiger partial charge in [-0.1, -0.05) is 18.2 Å². The van der Waals surface area contributed by atoms with E-state index in [1.807, 2.05) is 19.2 Å². The van der Waals surface area contributed by atoms with Gasteiger partial charge in [0.15, 0.2) is 0 Å². The first-order valence-corrected chi connectivity index (χ1v) is 10.1. The predicted molar refractivity (Wildman–Crippen MR) is 116 cm³/mol. The Labute approximate surface area is 171 Å². The number of pyridine rings is 1. The molecule has 1 aromatic carbocycles. The van der Waals surface area contributed by atoms with Gasteiger partial charge in [-0.2, -0.15) is 0 Å². The highest BCUT2D eigenvalue weighted by Gasteiger charge is 2.19. The van der Waals surface area contributed by atoms with Crippen molar-refractivity contribution in [2.75, 3.05) is 56.2 Å². The number of nitrogens with zero attached hydrogens (tertiary/aromatic N) is 6. The minimum Gasteiger partial charge on any atom is -0.395 e. The topological polar surface area (TPSA) is 68.6 Å². The molecule has 1 saturated heterocycles. The highest BCUT2D eigenvalue weighted by Crippen LogP contribution is 2.25. The fourth-order valence-electron chi connectivity index (χ4n) is 3.92. The average molecular weight is 393 g/mol. The number of aliphatic hydroxyl groups is 1. The molecule has 152 valence electrons. The number of hydrogen-bond acceptors (Lipinski definition) is 7. The van der Waals surface area contributed by atoms with Crippen LogP contribution in [0.2, 0.25) is 0 Å². The molecular formula is C22H28N6O. The molecular weight excluding hydrogens is 364 g/mol. The van der Waals surface area contributed by atoms with E-state index in [9.17, 15) is 0 Å². The summed E-state index contributed by atoms with van der Waals surface area (Å²) >= 11 is 0. The summed E-state index contributed by atoms with van der Waals surface area (Å²) in [4.78, 5) is 20.7. The number of aliphatic hydroxyl groups excluding tert-OH is 1. The van der Waals surface area contributed by atoms with Crippen molar-refractivity contribution in [1.82, 2.24) is 19.9 Å². The lowest BCUT2D eigenvalue weighted by Gasteiger charge is -2.35. The minimum atomic E-state index is 0.214. The molecule has 0 amide bonds. The second kappa shape index (κ2) is 8.71. The van der Waals surface area contributed by atoms with Crippen LogP contribution in [-0.2, 0) is 6.54 Å². The lowest BCUT2D eigenvalue weighted by atomic mass is 10.1. The lowest BCUT2D eigenvalue weighted by Crippen LogP contribution is -2.47. The molecule has 0 unspecified atom stereocenters. The molecule has 1 aliphatic rings. The van der Waals surface area contributed by atoms with Gasteiger partial charge in [0, 0.05) is 57.4 Å². The molecule has 2 aromatic heterocycles. The largest absolute Gasteiger partial charge is 0.395 e. The highest BCUT2D eigenvalue weighted by atomic mass is 16.3. The van der Waals surface area contributed by atoms with E-state index in [0.29, 0.717) is 6.54 Å². The van der Waals surface area contributed by atoms with Crippen LogP contribution in [0.3, 0.4) is 0 Å². The van der Waals surface area contributed by atoms with Crippen molar-refractivity contribution in [3.63, 3.8) is 0 Å². The Morgan fingerprint density at radius 2 is 1.86 bits per heavy atom. The quantitative estimate of drug-likeness (QED) is 0.689. The van der Waals surface area contributed by atoms with E-state index in [2.05, 4.69) is 67.0 Å². The van der Waals surface area contributed by atoms with Gasteiger partial charge in [0.1, 0.15) is 11.6 Å². The fraction of sp³-hybridized carbons (Fsp3) is 0.409. The molecule has 3 heterocycles. The number of β-amino-alcohol motifs (C(OH)–C–C–N with tert-alkyl or cyclic N) is 1. The molecule has 7 heteroatoms. The molecule has 0 aliphatic carbocycles. The zero-order chi connectivity index (χ0) is 20.2. The molecule has 0 saturated carbocycles. The minimum absolute atomic E-state index is 0.214. The van der Waals surface area contributed by atoms with Crippen LogP contribution in [0.5, 0.6) is 0 Å². The summed E-state index contributed by atoms with van der Waals surface area (Å²) in [5.41, 5.74) is 3.10. The Hall–Kier alpha value is -2.77. The van der Waals surface area contributed by atoms with Crippen molar-refractivity contribution >= 4 is 22.4 Å². The maximum Gasteiger partial charge on any atom is 0.132 e. The van der Waals surface area contributed by atoms with Crippen LogP contribution in [0.4, 0.5) is 11.5 Å². The Morgan fingerprint density at radius 3 is 2.66 bits per heavy atom. The van der Waals surface area contributed by atoms with Crippen molar-refractivity contribution in [2.24, 2.45) is 0 Å². The van der Waals surface area contributed by atoms with Crippen LogP contribution in [0.25, 0.3) is 10.9 Å². The van der Waals surface area contributed by atoms with Gasteiger partial charge in [-0.15, -0.1) is 0 Å². The number of aromatic nitrogens is 3. The van der Waals surface area contributed by atoms with Crippen molar-refractivity contribution in [1.29, 1.82) is 0 Å². The van der Waals surface area contributed by atoms with Crippen LogP contribution >= 0.6 is 0 Å². The van der Waals surface area contributed by atoms with E-state index < -0.39 is 0 Å². The van der Waals surface area contributed by atoms with Gasteiger partial charge < -0.3 is 14.9 Å². The molecule has 1 aliphatic heterocycles. The lowest BCUT2D eigenvalue weighted by molar-refractivity contribution is 0.188. The second-order valence-electron chi connectivity index (χ2n) is 7.53. The number of hydrogen-bond donors (Lipinski definition) is 1. The summed E-state index contributed by atoms with van der Waals surface area (Å²) in [5.74, 6) is 1.78. The summed E-state index contributed by atoms with van der Waals surface area (Å²) in [6.45, 7) is 7.32. The number of para-hydroxylation sites is 1. The molecule has 0 radical (unpaired) electrons. The molecule has 0 bridgehead atoms. The number of anilines is 2. The Balaban J connectivity index is 1.52. The third kappa shape index (κ3) is 4.46. The first-order chi connectivity index (χ1) is 14.1. The van der Waals surface area contributed by atoms with Gasteiger partial charge in [-0.3, -0.25) is 9.88 Å². The van der Waals surface area contributed by atoms with Gasteiger partial charge in [0.25, 0.3) is 0 Å². The summed E-state index contributed by atoms with van der Waals surface area (Å²) in [7, 11) is 2.08. The summed E-state index contributed by atoms with van der Waals surface area (Å²) in [6.07, 6.45) is 1.84. The smallest absolute Gasteiger partial charge is 0.132 e. The number of aryl methyl sites for hydroxylation is 1. The number of rotatable bonds is 6. The van der Waals surface area contributed by atoms with Crippen molar-refractivity contribution in [3.8, 4) is 0 Å². The van der Waals surface area contributed by atoms with E-state index >= 15 is 0 Å². The third-order valence-corrected chi connectivity index (χ3v) is 5.41. The Morgan fingerprint density at radius 1 is 1.07 bits per heavy atom. The molecule has 1 N–H and O–H groups in total. The summed E-state index contributed by atoms with van der Waals surface area (Å²) in [5, 5.41) is 10.3. The number of fused-ring (bicyclic) bond motifs is 1. The standard InChI is InChI=1S/C22H28N6O/c1-17-24-19(15-21(25-17)28-11-9-27(10-12-28)13-14-29)16-26(2)20-7-3-5-18-6-4-8-23-22(18)20/h3-8,15,29H,9-14,16H2,1-2H3. The van der Waals surface area contributed by atoms with Crippen LogP contribution in [0.15, 0.2) is 42.6 Å². The van der Waals surface area contributed by atoms with E-state index in [4.69, 9.17) is 5.11 Å². The monoisotopic (exact) mass is 392 g/mol. The van der Waals surface area contributed by atoms with Crippen LogP contribution in [-0.4, -0.2) is 71.3 Å². The maximum atomic E-state index is 9.13. The summed E-state index contributed by atoms with van der Waals surface area (Å²) in [6, 6.07) is 12.4. The fourth-order valence-corrected chi connectivity index (χ4v) is 3.92. The molecule has 1 fully saturated rings. The van der Waals surface area contributed by atoms with E-state index in [1.165, 1.54) is 0 Å². The van der Waals surface area contributed by atoms with E-state index in [-0.39, 0.29) is 6.61 Å². The molecule has 4 rings (SSSR count). The molecule has 3 aromatic rings. The zero-order valence-corrected chi connectivity index (χ0v) is 17.1. The van der Waals surface area contributed by atoms with E-state index in [0.717, 1.165) is 66.7 Å². The molecule has 0 atom stereocenters. The van der Waals surface area contributed by atoms with Gasteiger partial charge in [-0.05, 0) is 19.1 Å². The molecule has 29 heavy (non-hydrogen) atoms. The van der Waals surface area contributed by atoms with E-state index in [1.54, 1.807) is 0 Å². The predicted octanol–water partition coefficient (Wildman–Crippen LogP) is 2.08. The first-order valence-electron chi connectivity index (χ1n) is 10.1. The third-order valence-electron chi connectivity index (χ3n) is 5.41. The Kier molecular flexibility index (Phi) is 5.87. The maximum absolute atomic E-state index is 9.13. The van der Waals surface area contributed by atoms with Crippen molar-refractivity contribution < 1.29 is 5.11 Å². The van der Waals surface area contributed by atoms with Gasteiger partial charge in [0.2, 0.25) is 0 Å². The molecule has 7 nitrogen and oxygen atoms in total. The Bertz CT molecular complexity index is 965. The summed E-state index contributed by atoms with van der Waals surface area (Å²) < 4.78 is 0. The van der Waals surface area contributed by atoms with Crippen LogP contribution in [0.1, 0.15) is 11.5 Å². The highest BCUT2D eigenvalue weighted by molar-refractivity contribution is 5.90. The number of piperazine rings is 1. The number of benzene rings is 1. The van der Waals surface area contributed by atoms with Gasteiger partial charge >= 0.3 is 0 Å². The molecule has 0 spiro atoms.